The minimum absolute atomic E-state index is 0.819. The molecule has 0 saturated heterocycles. The molecule has 2 rings (SSSR count). The van der Waals surface area contributed by atoms with E-state index in [1.807, 2.05) is 28.8 Å². The number of pyridine rings is 1. The summed E-state index contributed by atoms with van der Waals surface area (Å²) in [5, 5.41) is 0. The van der Waals surface area contributed by atoms with E-state index in [9.17, 15) is 0 Å². The predicted octanol–water partition coefficient (Wildman–Crippen LogP) is 2.86. The van der Waals surface area contributed by atoms with Crippen LogP contribution in [0.2, 0.25) is 0 Å². The van der Waals surface area contributed by atoms with Crippen LogP contribution < -0.4 is 0 Å². The number of halogens is 2. The highest BCUT2D eigenvalue weighted by molar-refractivity contribution is 9.11. The van der Waals surface area contributed by atoms with Crippen molar-refractivity contribution in [2.75, 3.05) is 0 Å². The quantitative estimate of drug-likeness (QED) is 0.723. The lowest BCUT2D eigenvalue weighted by Crippen LogP contribution is -1.80. The van der Waals surface area contributed by atoms with Crippen LogP contribution in [0.5, 0.6) is 0 Å². The van der Waals surface area contributed by atoms with Crippen LogP contribution in [0.3, 0.4) is 0 Å². The summed E-state index contributed by atoms with van der Waals surface area (Å²) >= 11 is 6.70. The average molecular weight is 276 g/mol. The molecule has 0 N–H and O–H groups in total. The maximum absolute atomic E-state index is 4.19. The van der Waals surface area contributed by atoms with Gasteiger partial charge in [0.05, 0.1) is 5.52 Å². The monoisotopic (exact) mass is 274 g/mol. The van der Waals surface area contributed by atoms with Crippen molar-refractivity contribution in [3.8, 4) is 0 Å². The van der Waals surface area contributed by atoms with Crippen molar-refractivity contribution in [2.24, 2.45) is 0 Å². The second kappa shape index (κ2) is 2.60. The SMILES string of the molecule is Brc1nc(Br)n2ccccc12. The van der Waals surface area contributed by atoms with Crippen molar-refractivity contribution in [3.05, 3.63) is 33.7 Å². The molecule has 2 heterocycles. The Labute approximate surface area is 80.5 Å². The van der Waals surface area contributed by atoms with E-state index >= 15 is 0 Å². The third-order valence-electron chi connectivity index (χ3n) is 1.46. The van der Waals surface area contributed by atoms with Gasteiger partial charge in [0.2, 0.25) is 0 Å². The van der Waals surface area contributed by atoms with Gasteiger partial charge in [-0.3, -0.25) is 4.40 Å². The molecule has 0 unspecified atom stereocenters. The van der Waals surface area contributed by atoms with Gasteiger partial charge in [0, 0.05) is 6.20 Å². The summed E-state index contributed by atoms with van der Waals surface area (Å²) in [7, 11) is 0. The average Bonchev–Trinajstić information content (AvgIpc) is 2.30. The lowest BCUT2D eigenvalue weighted by molar-refractivity contribution is 1.10. The maximum atomic E-state index is 4.19. The zero-order valence-corrected chi connectivity index (χ0v) is 8.63. The fourth-order valence-corrected chi connectivity index (χ4v) is 2.18. The molecule has 0 spiro atoms. The molecule has 0 saturated carbocycles. The van der Waals surface area contributed by atoms with Gasteiger partial charge >= 0.3 is 0 Å². The van der Waals surface area contributed by atoms with Crippen molar-refractivity contribution in [3.63, 3.8) is 0 Å². The first-order valence-electron chi connectivity index (χ1n) is 3.07. The third-order valence-corrected chi connectivity index (χ3v) is 2.60. The summed E-state index contributed by atoms with van der Waals surface area (Å²) in [6.07, 6.45) is 1.96. The Morgan fingerprint density at radius 3 is 2.82 bits per heavy atom. The van der Waals surface area contributed by atoms with Gasteiger partial charge in [-0.1, -0.05) is 6.07 Å². The van der Waals surface area contributed by atoms with E-state index in [1.54, 1.807) is 0 Å². The number of nitrogens with zero attached hydrogens (tertiary/aromatic N) is 2. The van der Waals surface area contributed by atoms with Crippen LogP contribution in [0.4, 0.5) is 0 Å². The van der Waals surface area contributed by atoms with Crippen molar-refractivity contribution in [1.29, 1.82) is 0 Å². The predicted molar refractivity (Wildman–Crippen MR) is 50.6 cm³/mol. The minimum atomic E-state index is 0.819. The molecule has 0 aliphatic carbocycles. The van der Waals surface area contributed by atoms with E-state index in [2.05, 4.69) is 36.8 Å². The van der Waals surface area contributed by atoms with Gasteiger partial charge in [0.25, 0.3) is 0 Å². The summed E-state index contributed by atoms with van der Waals surface area (Å²) in [5.41, 5.74) is 1.07. The first-order valence-corrected chi connectivity index (χ1v) is 4.66. The van der Waals surface area contributed by atoms with Crippen LogP contribution in [0.1, 0.15) is 0 Å². The third kappa shape index (κ3) is 1.10. The smallest absolute Gasteiger partial charge is 0.182 e. The molecule has 0 aliphatic heterocycles. The largest absolute Gasteiger partial charge is 0.293 e. The van der Waals surface area contributed by atoms with Crippen molar-refractivity contribution in [1.82, 2.24) is 9.38 Å². The first-order chi connectivity index (χ1) is 5.29. The molecule has 0 fully saturated rings. The van der Waals surface area contributed by atoms with Gasteiger partial charge in [-0.2, -0.15) is 0 Å². The van der Waals surface area contributed by atoms with Crippen LogP contribution >= 0.6 is 31.9 Å². The number of imidazole rings is 1. The zero-order valence-electron chi connectivity index (χ0n) is 5.46. The molecule has 0 aromatic carbocycles. The summed E-state index contributed by atoms with van der Waals surface area (Å²) in [6, 6.07) is 5.95. The second-order valence-electron chi connectivity index (χ2n) is 2.13. The number of rotatable bonds is 0. The van der Waals surface area contributed by atoms with Gasteiger partial charge in [0.1, 0.15) is 4.60 Å². The standard InChI is InChI=1S/C7H4Br2N2/c8-6-5-3-1-2-4-11(5)7(9)10-6/h1-4H. The lowest BCUT2D eigenvalue weighted by atomic mass is 10.4. The van der Waals surface area contributed by atoms with Gasteiger partial charge in [0.15, 0.2) is 4.73 Å². The Kier molecular flexibility index (Phi) is 1.73. The molecule has 2 aromatic heterocycles. The zero-order chi connectivity index (χ0) is 7.84. The highest BCUT2D eigenvalue weighted by Crippen LogP contribution is 2.21. The molecular formula is C7H4Br2N2. The van der Waals surface area contributed by atoms with Crippen LogP contribution in [-0.2, 0) is 0 Å². The molecule has 4 heteroatoms. The number of aromatic nitrogens is 2. The second-order valence-corrected chi connectivity index (χ2v) is 3.59. The number of hydrogen-bond donors (Lipinski definition) is 0. The van der Waals surface area contributed by atoms with Gasteiger partial charge in [-0.25, -0.2) is 4.98 Å². The minimum Gasteiger partial charge on any atom is -0.293 e. The van der Waals surface area contributed by atoms with E-state index in [1.165, 1.54) is 0 Å². The molecule has 56 valence electrons. The van der Waals surface area contributed by atoms with Crippen molar-refractivity contribution >= 4 is 37.4 Å². The maximum Gasteiger partial charge on any atom is 0.182 e. The Balaban J connectivity index is 2.95. The van der Waals surface area contributed by atoms with E-state index in [-0.39, 0.29) is 0 Å². The highest BCUT2D eigenvalue weighted by Gasteiger charge is 2.03. The van der Waals surface area contributed by atoms with E-state index in [0.717, 1.165) is 14.9 Å². The van der Waals surface area contributed by atoms with Gasteiger partial charge in [-0.15, -0.1) is 0 Å². The molecule has 0 bridgehead atoms. The molecule has 2 aromatic rings. The Morgan fingerprint density at radius 2 is 2.09 bits per heavy atom. The fraction of sp³-hybridized carbons (Fsp3) is 0. The Morgan fingerprint density at radius 1 is 1.27 bits per heavy atom. The summed E-state index contributed by atoms with van der Waals surface area (Å²) < 4.78 is 3.65. The molecule has 0 atom stereocenters. The molecular weight excluding hydrogens is 272 g/mol. The van der Waals surface area contributed by atoms with Crippen molar-refractivity contribution in [2.45, 2.75) is 0 Å². The van der Waals surface area contributed by atoms with Crippen LogP contribution in [0, 0.1) is 0 Å². The Hall–Kier alpha value is -0.350. The van der Waals surface area contributed by atoms with Gasteiger partial charge in [-0.05, 0) is 44.0 Å². The normalized spacial score (nSPS) is 10.7. The van der Waals surface area contributed by atoms with E-state index in [0.29, 0.717) is 0 Å². The Bertz CT molecular complexity index is 358. The molecule has 11 heavy (non-hydrogen) atoms. The summed E-state index contributed by atoms with van der Waals surface area (Å²) in [6.45, 7) is 0. The van der Waals surface area contributed by atoms with Crippen molar-refractivity contribution < 1.29 is 0 Å². The highest BCUT2D eigenvalue weighted by atomic mass is 79.9. The van der Waals surface area contributed by atoms with Gasteiger partial charge < -0.3 is 0 Å². The van der Waals surface area contributed by atoms with E-state index in [4.69, 9.17) is 0 Å². The fourth-order valence-electron chi connectivity index (χ4n) is 0.964. The summed E-state index contributed by atoms with van der Waals surface area (Å²) in [5.74, 6) is 0. The van der Waals surface area contributed by atoms with Crippen LogP contribution in [0.15, 0.2) is 33.7 Å². The molecule has 2 nitrogen and oxygen atoms in total. The molecule has 0 amide bonds. The van der Waals surface area contributed by atoms with Crippen LogP contribution in [-0.4, -0.2) is 9.38 Å². The number of hydrogen-bond acceptors (Lipinski definition) is 1. The molecule has 0 radical (unpaired) electrons. The van der Waals surface area contributed by atoms with E-state index < -0.39 is 0 Å². The van der Waals surface area contributed by atoms with Crippen LogP contribution in [0.25, 0.3) is 5.52 Å². The first kappa shape index (κ1) is 7.31. The molecule has 0 aliphatic rings. The topological polar surface area (TPSA) is 17.3 Å². The summed E-state index contributed by atoms with van der Waals surface area (Å²) in [4.78, 5) is 4.19. The number of fused-ring (bicyclic) bond motifs is 1. The lowest BCUT2D eigenvalue weighted by Gasteiger charge is -1.91.